The van der Waals surface area contributed by atoms with Gasteiger partial charge in [0.05, 0.1) is 5.36 Å². The number of hydrogen-bond donors (Lipinski definition) is 3. The minimum Gasteiger partial charge on any atom is -0.405 e. The van der Waals surface area contributed by atoms with Gasteiger partial charge in [-0.25, -0.2) is 0 Å². The number of benzene rings is 6. The summed E-state index contributed by atoms with van der Waals surface area (Å²) in [6, 6.07) is 39.4. The molecule has 0 saturated carbocycles. The first-order valence-corrected chi connectivity index (χ1v) is 24.0. The summed E-state index contributed by atoms with van der Waals surface area (Å²) in [4.78, 5) is 19.9. The predicted octanol–water partition coefficient (Wildman–Crippen LogP) is 11.3. The Morgan fingerprint density at radius 3 is 1.73 bits per heavy atom. The van der Waals surface area contributed by atoms with E-state index < -0.39 is 0 Å². The second-order valence-corrected chi connectivity index (χ2v) is 19.9. The van der Waals surface area contributed by atoms with Crippen molar-refractivity contribution in [1.82, 2.24) is 0 Å². The molecule has 5 nitrogen and oxygen atoms in total. The van der Waals surface area contributed by atoms with Gasteiger partial charge < -0.3 is 20.6 Å². The lowest BCUT2D eigenvalue weighted by molar-refractivity contribution is -0.109. The largest absolute Gasteiger partial charge is 0.427 e. The number of carbonyl (C=O) groups is 1. The van der Waals surface area contributed by atoms with Crippen LogP contribution in [0.25, 0.3) is 32.7 Å². The normalized spacial score (nSPS) is 16.1. The van der Waals surface area contributed by atoms with E-state index in [2.05, 4.69) is 172 Å². The minimum atomic E-state index is -0.248. The molecule has 0 fully saturated rings. The molecule has 9 rings (SSSR count). The zero-order valence-electron chi connectivity index (χ0n) is 38.4. The number of ketones is 1. The van der Waals surface area contributed by atoms with Crippen LogP contribution in [0.3, 0.4) is 0 Å². The van der Waals surface area contributed by atoms with Gasteiger partial charge in [-0.15, -0.1) is 0 Å². The molecule has 0 amide bonds. The summed E-state index contributed by atoms with van der Waals surface area (Å²) in [5, 5.41) is 17.6. The van der Waals surface area contributed by atoms with Crippen LogP contribution < -0.4 is 37.2 Å². The highest BCUT2D eigenvalue weighted by molar-refractivity contribution is 6.80. The smallest absolute Gasteiger partial charge is 0.405 e. The summed E-state index contributed by atoms with van der Waals surface area (Å²) in [6.45, 7) is 13.7. The standard InChI is InChI=1S/C56H64B2N4O/c1-36(2)11-7-13-38(5)19-21-40-23-29-44(30-24-40)57-59-50-17-9-15-42-27-33-46(54(61-57)52(42)50)48-35-49(56(48)63)47-34-28-43-16-10-18-51-53(43)55(47)62-58(60-51)45-31-25-41(26-32-45)22-20-39(6)14-8-12-37(3)4/h9-10,15-18,23-39,59-61H,7-8,11-14,19-22H2,1-6H3. The number of nitrogens with one attached hydrogen (secondary N) is 3. The Labute approximate surface area is 376 Å². The van der Waals surface area contributed by atoms with Gasteiger partial charge in [-0.05, 0) is 100 Å². The van der Waals surface area contributed by atoms with Gasteiger partial charge in [-0.2, -0.15) is 0 Å². The maximum atomic E-state index is 14.5. The summed E-state index contributed by atoms with van der Waals surface area (Å²) < 4.78 is 0. The molecule has 0 radical (unpaired) electrons. The summed E-state index contributed by atoms with van der Waals surface area (Å²) in [6.07, 6.45) is 14.6. The number of allylic oxidation sites excluding steroid dienone is 2. The van der Waals surface area contributed by atoms with E-state index in [0.717, 1.165) is 108 Å². The van der Waals surface area contributed by atoms with Gasteiger partial charge in [0, 0.05) is 49.8 Å². The first kappa shape index (κ1) is 42.7. The molecule has 63 heavy (non-hydrogen) atoms. The second kappa shape index (κ2) is 18.7. The third-order valence-electron chi connectivity index (χ3n) is 14.0. The fraction of sp³-hybridized carbons (Fsp3) is 0.357. The molecule has 2 atom stereocenters. The molecule has 6 aromatic rings. The van der Waals surface area contributed by atoms with Gasteiger partial charge in [-0.1, -0.05) is 177 Å². The topological polar surface area (TPSA) is 65.5 Å². The quantitative estimate of drug-likeness (QED) is 0.0801. The molecule has 3 aliphatic rings. The molecule has 1 aliphatic carbocycles. The zero-order chi connectivity index (χ0) is 43.6. The highest BCUT2D eigenvalue weighted by Crippen LogP contribution is 2.43. The van der Waals surface area contributed by atoms with E-state index in [1.165, 1.54) is 68.0 Å². The number of nitrogens with zero attached hydrogens (tertiary/aromatic N) is 1. The third kappa shape index (κ3) is 9.26. The Morgan fingerprint density at radius 2 is 1.13 bits per heavy atom. The molecular formula is C56H64B2N4O. The maximum Gasteiger partial charge on any atom is 0.427 e. The summed E-state index contributed by atoms with van der Waals surface area (Å²) in [7, 11) is 0. The van der Waals surface area contributed by atoms with Crippen molar-refractivity contribution in [2.45, 2.75) is 106 Å². The number of anilines is 3. The molecule has 2 unspecified atom stereocenters. The van der Waals surface area contributed by atoms with Crippen molar-refractivity contribution in [3.05, 3.63) is 143 Å². The Hall–Kier alpha value is -5.55. The first-order valence-electron chi connectivity index (χ1n) is 24.0. The Kier molecular flexibility index (Phi) is 12.7. The minimum absolute atomic E-state index is 0.0592. The Balaban J connectivity index is 0.978. The number of rotatable bonds is 17. The van der Waals surface area contributed by atoms with Crippen LogP contribution in [0.5, 0.6) is 0 Å². The third-order valence-corrected chi connectivity index (χ3v) is 14.0. The van der Waals surface area contributed by atoms with E-state index in [4.69, 9.17) is 4.90 Å². The van der Waals surface area contributed by atoms with Crippen molar-refractivity contribution >= 4 is 80.4 Å². The van der Waals surface area contributed by atoms with E-state index in [-0.39, 0.29) is 19.7 Å². The molecule has 2 aliphatic heterocycles. The van der Waals surface area contributed by atoms with E-state index in [9.17, 15) is 4.79 Å². The Bertz CT molecular complexity index is 2790. The van der Waals surface area contributed by atoms with Crippen LogP contribution in [0.1, 0.15) is 110 Å². The summed E-state index contributed by atoms with van der Waals surface area (Å²) in [5.41, 5.74) is 10.6. The monoisotopic (exact) mass is 831 g/mol. The van der Waals surface area contributed by atoms with Crippen LogP contribution in [0.4, 0.5) is 17.1 Å². The van der Waals surface area contributed by atoms with Gasteiger partial charge in [0.15, 0.2) is 5.78 Å². The second-order valence-electron chi connectivity index (χ2n) is 19.9. The van der Waals surface area contributed by atoms with Crippen molar-refractivity contribution in [2.24, 2.45) is 28.6 Å². The molecule has 2 heterocycles. The molecule has 3 N–H and O–H groups in total. The number of aryl methyl sites for hydroxylation is 2. The molecule has 0 bridgehead atoms. The van der Waals surface area contributed by atoms with Crippen molar-refractivity contribution in [1.29, 1.82) is 0 Å². The van der Waals surface area contributed by atoms with E-state index in [0.29, 0.717) is 0 Å². The molecule has 0 saturated heterocycles. The van der Waals surface area contributed by atoms with Gasteiger partial charge in [0.25, 0.3) is 0 Å². The SMILES string of the molecule is CC(C)CCCC(C)CCc1ccc(B2N=c3c(=C4C=C(c5ccc6cccc7c6c5NB(c5ccc(CCC(C)CCCC(C)C)cc5)N7)C4=O)ccc4cccc(c34)N2)cc1. The lowest BCUT2D eigenvalue weighted by Gasteiger charge is -2.30. The van der Waals surface area contributed by atoms with Crippen molar-refractivity contribution in [3.8, 4) is 0 Å². The average molecular weight is 831 g/mol. The van der Waals surface area contributed by atoms with E-state index >= 15 is 0 Å². The van der Waals surface area contributed by atoms with Crippen LogP contribution in [-0.4, -0.2) is 19.7 Å². The maximum absolute atomic E-state index is 14.5. The Morgan fingerprint density at radius 1 is 0.556 bits per heavy atom. The van der Waals surface area contributed by atoms with Crippen LogP contribution in [0.15, 0.2) is 120 Å². The van der Waals surface area contributed by atoms with Crippen LogP contribution in [0, 0.1) is 23.7 Å². The number of carbonyl (C=O) groups excluding carboxylic acids is 1. The fourth-order valence-corrected chi connectivity index (χ4v) is 10.0. The summed E-state index contributed by atoms with van der Waals surface area (Å²) in [5.74, 6) is 3.10. The molecular weight excluding hydrogens is 766 g/mol. The predicted molar refractivity (Wildman–Crippen MR) is 272 cm³/mol. The van der Waals surface area contributed by atoms with Crippen LogP contribution in [0.2, 0.25) is 0 Å². The number of hydrogen-bond acceptors (Lipinski definition) is 5. The van der Waals surface area contributed by atoms with Gasteiger partial charge >= 0.3 is 14.0 Å². The lowest BCUT2D eigenvalue weighted by atomic mass is 9.65. The molecule has 7 heteroatoms. The molecule has 0 aromatic heterocycles. The highest BCUT2D eigenvalue weighted by atomic mass is 16.1. The van der Waals surface area contributed by atoms with Crippen LogP contribution in [-0.2, 0) is 17.6 Å². The van der Waals surface area contributed by atoms with Gasteiger partial charge in [0.2, 0.25) is 0 Å². The first-order chi connectivity index (χ1) is 30.6. The van der Waals surface area contributed by atoms with E-state index in [1.54, 1.807) is 0 Å². The van der Waals surface area contributed by atoms with Gasteiger partial charge in [0.1, 0.15) is 0 Å². The fourth-order valence-electron chi connectivity index (χ4n) is 10.0. The van der Waals surface area contributed by atoms with E-state index in [1.807, 2.05) is 0 Å². The number of Topliss-reactive ketones (excluding diaryl/α,β-unsaturated/α-hetero) is 1. The molecule has 0 spiro atoms. The van der Waals surface area contributed by atoms with Crippen LogP contribution >= 0.6 is 0 Å². The van der Waals surface area contributed by atoms with Crippen molar-refractivity contribution < 1.29 is 4.79 Å². The van der Waals surface area contributed by atoms with Crippen molar-refractivity contribution in [2.75, 3.05) is 15.7 Å². The van der Waals surface area contributed by atoms with Gasteiger partial charge in [-0.3, -0.25) is 4.79 Å². The lowest BCUT2D eigenvalue weighted by Crippen LogP contribution is -2.48. The average Bonchev–Trinajstić information content (AvgIpc) is 3.28. The molecule has 320 valence electrons. The zero-order valence-corrected chi connectivity index (χ0v) is 38.4. The highest BCUT2D eigenvalue weighted by Gasteiger charge is 2.34. The molecule has 6 aromatic carbocycles. The summed E-state index contributed by atoms with van der Waals surface area (Å²) >= 11 is 0. The van der Waals surface area contributed by atoms with Crippen molar-refractivity contribution in [3.63, 3.8) is 0 Å².